The zero-order chi connectivity index (χ0) is 15.5. The monoisotopic (exact) mass is 305 g/mol. The summed E-state index contributed by atoms with van der Waals surface area (Å²) < 4.78 is 0. The Bertz CT molecular complexity index is 606. The summed E-state index contributed by atoms with van der Waals surface area (Å²) in [6.07, 6.45) is 6.92. The molecule has 23 heavy (non-hydrogen) atoms. The molecule has 1 saturated carbocycles. The third-order valence-corrected chi connectivity index (χ3v) is 5.90. The van der Waals surface area contributed by atoms with Gasteiger partial charge in [0.1, 0.15) is 0 Å². The lowest BCUT2D eigenvalue weighted by molar-refractivity contribution is 0.146. The molecule has 0 amide bonds. The van der Waals surface area contributed by atoms with Crippen LogP contribution in [0.2, 0.25) is 0 Å². The van der Waals surface area contributed by atoms with Crippen LogP contribution in [0.1, 0.15) is 36.8 Å². The maximum Gasteiger partial charge on any atom is 0.0236 e. The van der Waals surface area contributed by atoms with Crippen LogP contribution >= 0.6 is 0 Å². The highest BCUT2D eigenvalue weighted by molar-refractivity contribution is 5.16. The van der Waals surface area contributed by atoms with Gasteiger partial charge in [-0.3, -0.25) is 4.90 Å². The van der Waals surface area contributed by atoms with Gasteiger partial charge in [-0.25, -0.2) is 0 Å². The quantitative estimate of drug-likeness (QED) is 0.775. The van der Waals surface area contributed by atoms with Crippen molar-refractivity contribution in [1.29, 1.82) is 0 Å². The molecule has 2 aliphatic rings. The molecule has 1 aliphatic heterocycles. The molecule has 0 bridgehead atoms. The molecule has 1 saturated heterocycles. The Morgan fingerprint density at radius 2 is 1.48 bits per heavy atom. The minimum absolute atomic E-state index is 0.835. The first kappa shape index (κ1) is 15.0. The van der Waals surface area contributed by atoms with Gasteiger partial charge in [0.25, 0.3) is 0 Å². The first-order valence-corrected chi connectivity index (χ1v) is 9.20. The Hall–Kier alpha value is -1.60. The van der Waals surface area contributed by atoms with Crippen molar-refractivity contribution in [3.05, 3.63) is 71.8 Å². The standard InChI is InChI=1S/C22H27N/c1-3-7-18(8-4-1)15-20-11-12-22-21(16-20)13-14-23(22)17-19-9-5-2-6-10-19/h1-10,20-22H,11-17H2/t20?,21-,22+/m0/s1. The number of hydrogen-bond donors (Lipinski definition) is 0. The second-order valence-electron chi connectivity index (χ2n) is 7.44. The summed E-state index contributed by atoms with van der Waals surface area (Å²) in [7, 11) is 0. The SMILES string of the molecule is c1ccc(CC2CC[C@@H]3[C@@H](CCN3Cc3ccccc3)C2)cc1. The van der Waals surface area contributed by atoms with Crippen molar-refractivity contribution >= 4 is 0 Å². The molecular formula is C22H27N. The van der Waals surface area contributed by atoms with E-state index in [0.29, 0.717) is 0 Å². The van der Waals surface area contributed by atoms with E-state index in [0.717, 1.165) is 24.4 Å². The van der Waals surface area contributed by atoms with Gasteiger partial charge in [0.15, 0.2) is 0 Å². The van der Waals surface area contributed by atoms with E-state index >= 15 is 0 Å². The smallest absolute Gasteiger partial charge is 0.0236 e. The molecule has 1 aliphatic carbocycles. The van der Waals surface area contributed by atoms with Crippen LogP contribution < -0.4 is 0 Å². The first-order chi connectivity index (χ1) is 11.4. The largest absolute Gasteiger partial charge is 0.296 e. The number of rotatable bonds is 4. The van der Waals surface area contributed by atoms with Crippen molar-refractivity contribution in [2.75, 3.05) is 6.54 Å². The normalized spacial score (nSPS) is 27.7. The van der Waals surface area contributed by atoms with Crippen molar-refractivity contribution in [3.8, 4) is 0 Å². The van der Waals surface area contributed by atoms with Crippen molar-refractivity contribution in [3.63, 3.8) is 0 Å². The second-order valence-corrected chi connectivity index (χ2v) is 7.44. The van der Waals surface area contributed by atoms with Gasteiger partial charge in [-0.1, -0.05) is 60.7 Å². The zero-order valence-corrected chi connectivity index (χ0v) is 13.9. The van der Waals surface area contributed by atoms with Crippen LogP contribution in [0.4, 0.5) is 0 Å². The van der Waals surface area contributed by atoms with Gasteiger partial charge in [0.05, 0.1) is 0 Å². The van der Waals surface area contributed by atoms with E-state index in [1.54, 1.807) is 0 Å². The Balaban J connectivity index is 1.35. The number of likely N-dealkylation sites (tertiary alicyclic amines) is 1. The average molecular weight is 305 g/mol. The molecule has 2 aromatic carbocycles. The summed E-state index contributed by atoms with van der Waals surface area (Å²) in [6.45, 7) is 2.44. The van der Waals surface area contributed by atoms with Gasteiger partial charge in [-0.2, -0.15) is 0 Å². The summed E-state index contributed by atoms with van der Waals surface area (Å²) in [5.74, 6) is 1.83. The van der Waals surface area contributed by atoms with Gasteiger partial charge in [0, 0.05) is 12.6 Å². The molecule has 3 atom stereocenters. The van der Waals surface area contributed by atoms with Crippen LogP contribution in [0.25, 0.3) is 0 Å². The van der Waals surface area contributed by atoms with Crippen molar-refractivity contribution in [1.82, 2.24) is 4.90 Å². The highest BCUT2D eigenvalue weighted by Gasteiger charge is 2.38. The average Bonchev–Trinajstić information content (AvgIpc) is 2.99. The fourth-order valence-electron chi connectivity index (χ4n) is 4.78. The molecule has 0 aromatic heterocycles. The molecule has 4 rings (SSSR count). The lowest BCUT2D eigenvalue weighted by Crippen LogP contribution is -2.36. The molecule has 0 N–H and O–H groups in total. The number of fused-ring (bicyclic) bond motifs is 1. The number of benzene rings is 2. The van der Waals surface area contributed by atoms with E-state index < -0.39 is 0 Å². The molecule has 1 heteroatoms. The Morgan fingerprint density at radius 1 is 0.783 bits per heavy atom. The van der Waals surface area contributed by atoms with Gasteiger partial charge >= 0.3 is 0 Å². The van der Waals surface area contributed by atoms with Gasteiger partial charge < -0.3 is 0 Å². The van der Waals surface area contributed by atoms with Crippen molar-refractivity contribution < 1.29 is 0 Å². The molecule has 0 radical (unpaired) electrons. The summed E-state index contributed by atoms with van der Waals surface area (Å²) in [5, 5.41) is 0. The maximum absolute atomic E-state index is 2.75. The van der Waals surface area contributed by atoms with Gasteiger partial charge in [-0.05, 0) is 61.6 Å². The molecule has 1 heterocycles. The minimum Gasteiger partial charge on any atom is -0.296 e. The van der Waals surface area contributed by atoms with Crippen molar-refractivity contribution in [2.45, 2.75) is 44.7 Å². The molecule has 2 aromatic rings. The van der Waals surface area contributed by atoms with Crippen molar-refractivity contribution in [2.24, 2.45) is 11.8 Å². The lowest BCUT2D eigenvalue weighted by Gasteiger charge is -2.36. The maximum atomic E-state index is 2.75. The van der Waals surface area contributed by atoms with Gasteiger partial charge in [-0.15, -0.1) is 0 Å². The predicted molar refractivity (Wildman–Crippen MR) is 96.2 cm³/mol. The van der Waals surface area contributed by atoms with E-state index in [-0.39, 0.29) is 0 Å². The van der Waals surface area contributed by atoms with E-state index in [1.165, 1.54) is 49.8 Å². The van der Waals surface area contributed by atoms with Gasteiger partial charge in [0.2, 0.25) is 0 Å². The fourth-order valence-corrected chi connectivity index (χ4v) is 4.78. The zero-order valence-electron chi connectivity index (χ0n) is 13.9. The molecular weight excluding hydrogens is 278 g/mol. The molecule has 1 unspecified atom stereocenters. The summed E-state index contributed by atoms with van der Waals surface area (Å²) in [6, 6.07) is 22.9. The topological polar surface area (TPSA) is 3.24 Å². The summed E-state index contributed by atoms with van der Waals surface area (Å²) >= 11 is 0. The van der Waals surface area contributed by atoms with Crippen LogP contribution in [0, 0.1) is 11.8 Å². The second kappa shape index (κ2) is 6.88. The minimum atomic E-state index is 0.835. The van der Waals surface area contributed by atoms with E-state index in [4.69, 9.17) is 0 Å². The van der Waals surface area contributed by atoms with Crippen LogP contribution in [0.15, 0.2) is 60.7 Å². The molecule has 120 valence electrons. The molecule has 0 spiro atoms. The van der Waals surface area contributed by atoms with E-state index in [9.17, 15) is 0 Å². The lowest BCUT2D eigenvalue weighted by atomic mass is 9.76. The first-order valence-electron chi connectivity index (χ1n) is 9.20. The van der Waals surface area contributed by atoms with Crippen LogP contribution in [-0.4, -0.2) is 17.5 Å². The predicted octanol–water partition coefficient (Wildman–Crippen LogP) is 4.92. The van der Waals surface area contributed by atoms with Crippen LogP contribution in [0.3, 0.4) is 0 Å². The summed E-state index contributed by atoms with van der Waals surface area (Å²) in [5.41, 5.74) is 3.00. The third kappa shape index (κ3) is 3.50. The number of hydrogen-bond acceptors (Lipinski definition) is 1. The Kier molecular flexibility index (Phi) is 4.48. The molecule has 2 fully saturated rings. The highest BCUT2D eigenvalue weighted by atomic mass is 15.2. The van der Waals surface area contributed by atoms with Crippen LogP contribution in [-0.2, 0) is 13.0 Å². The Morgan fingerprint density at radius 3 is 2.22 bits per heavy atom. The Labute approximate surface area is 140 Å². The molecule has 1 nitrogen and oxygen atoms in total. The highest BCUT2D eigenvalue weighted by Crippen LogP contribution is 2.40. The third-order valence-electron chi connectivity index (χ3n) is 5.90. The van der Waals surface area contributed by atoms with E-state index in [1.807, 2.05) is 0 Å². The number of nitrogens with zero attached hydrogens (tertiary/aromatic N) is 1. The van der Waals surface area contributed by atoms with E-state index in [2.05, 4.69) is 65.6 Å². The summed E-state index contributed by atoms with van der Waals surface area (Å²) in [4.78, 5) is 2.75. The van der Waals surface area contributed by atoms with Crippen LogP contribution in [0.5, 0.6) is 0 Å². The fraction of sp³-hybridized carbons (Fsp3) is 0.455.